The first-order valence-corrected chi connectivity index (χ1v) is 5.05. The lowest BCUT2D eigenvalue weighted by Crippen LogP contribution is -1.96. The van der Waals surface area contributed by atoms with Gasteiger partial charge in [0.05, 0.1) is 0 Å². The van der Waals surface area contributed by atoms with Gasteiger partial charge in [-0.2, -0.15) is 11.8 Å². The molecule has 1 radical (unpaired) electrons. The summed E-state index contributed by atoms with van der Waals surface area (Å²) >= 11 is 3.88. The summed E-state index contributed by atoms with van der Waals surface area (Å²) in [5.74, 6) is 2.52. The van der Waals surface area contributed by atoms with Crippen LogP contribution in [0.1, 0.15) is 10.4 Å². The highest BCUT2D eigenvalue weighted by Gasteiger charge is 2.09. The molecule has 0 aromatic carbocycles. The Bertz CT molecular complexity index is 182. The van der Waals surface area contributed by atoms with Gasteiger partial charge in [0.2, 0.25) is 0 Å². The van der Waals surface area contributed by atoms with E-state index in [1.165, 1.54) is 23.5 Å². The van der Waals surface area contributed by atoms with Crippen molar-refractivity contribution in [2.45, 2.75) is 12.2 Å². The van der Waals surface area contributed by atoms with E-state index in [-0.39, 0.29) is 0 Å². The van der Waals surface area contributed by atoms with Crippen molar-refractivity contribution in [1.82, 2.24) is 0 Å². The maximum absolute atomic E-state index is 3.26. The van der Waals surface area contributed by atoms with Crippen LogP contribution in [0.3, 0.4) is 0 Å². The van der Waals surface area contributed by atoms with Gasteiger partial charge in [0.25, 0.3) is 0 Å². The molecule has 1 aromatic heterocycles. The fourth-order valence-electron chi connectivity index (χ4n) is 0.995. The first-order chi connectivity index (χ1) is 4.47. The second kappa shape index (κ2) is 2.35. The third-order valence-electron chi connectivity index (χ3n) is 1.50. The zero-order chi connectivity index (χ0) is 6.10. The van der Waals surface area contributed by atoms with Gasteiger partial charge in [-0.25, -0.2) is 0 Å². The van der Waals surface area contributed by atoms with Crippen LogP contribution in [0.25, 0.3) is 0 Å². The Labute approximate surface area is 63.3 Å². The van der Waals surface area contributed by atoms with E-state index in [0.29, 0.717) is 0 Å². The smallest absolute Gasteiger partial charge is 0.0282 e. The van der Waals surface area contributed by atoms with Crippen molar-refractivity contribution in [3.63, 3.8) is 0 Å². The molecule has 1 aliphatic heterocycles. The molecule has 1 aromatic rings. The number of fused-ring (bicyclic) bond motifs is 1. The van der Waals surface area contributed by atoms with Crippen molar-refractivity contribution in [1.29, 1.82) is 0 Å². The highest BCUT2D eigenvalue weighted by Crippen LogP contribution is 2.27. The van der Waals surface area contributed by atoms with E-state index >= 15 is 0 Å². The lowest BCUT2D eigenvalue weighted by Gasteiger charge is -2.08. The summed E-state index contributed by atoms with van der Waals surface area (Å²) in [4.78, 5) is 1.55. The third-order valence-corrected chi connectivity index (χ3v) is 3.58. The van der Waals surface area contributed by atoms with Crippen LogP contribution in [-0.4, -0.2) is 5.75 Å². The summed E-state index contributed by atoms with van der Waals surface area (Å²) in [5.41, 5.74) is 1.47. The minimum Gasteiger partial charge on any atom is -0.156 e. The van der Waals surface area contributed by atoms with Crippen molar-refractivity contribution in [2.75, 3.05) is 5.75 Å². The van der Waals surface area contributed by atoms with Crippen LogP contribution in [0.15, 0.2) is 5.38 Å². The topological polar surface area (TPSA) is 0 Å². The molecule has 0 spiro atoms. The summed E-state index contributed by atoms with van der Waals surface area (Å²) < 4.78 is 0. The zero-order valence-corrected chi connectivity index (χ0v) is 6.65. The van der Waals surface area contributed by atoms with Crippen molar-refractivity contribution in [3.05, 3.63) is 21.9 Å². The van der Waals surface area contributed by atoms with E-state index in [1.54, 1.807) is 4.88 Å². The molecule has 2 heteroatoms. The molecule has 2 heterocycles. The van der Waals surface area contributed by atoms with Crippen molar-refractivity contribution in [2.24, 2.45) is 0 Å². The molecule has 0 saturated heterocycles. The second-order valence-electron chi connectivity index (χ2n) is 2.08. The summed E-state index contributed by atoms with van der Waals surface area (Å²) in [6.07, 6.45) is 1.24. The monoisotopic (exact) mass is 155 g/mol. The van der Waals surface area contributed by atoms with Crippen molar-refractivity contribution in [3.8, 4) is 0 Å². The molecule has 0 bridgehead atoms. The van der Waals surface area contributed by atoms with Crippen LogP contribution in [0, 0.1) is 6.07 Å². The van der Waals surface area contributed by atoms with Crippen LogP contribution in [0.5, 0.6) is 0 Å². The van der Waals surface area contributed by atoms with Crippen molar-refractivity contribution < 1.29 is 0 Å². The zero-order valence-electron chi connectivity index (χ0n) is 5.02. The largest absolute Gasteiger partial charge is 0.156 e. The van der Waals surface area contributed by atoms with Gasteiger partial charge in [0.15, 0.2) is 0 Å². The fourth-order valence-corrected chi connectivity index (χ4v) is 3.02. The number of hydrogen-bond donors (Lipinski definition) is 0. The standard InChI is InChI=1S/C7H7S2/c1-3-8-5-7-6(1)2-4-9-7/h4H,1,3,5H2. The van der Waals surface area contributed by atoms with Gasteiger partial charge in [-0.3, -0.25) is 0 Å². The van der Waals surface area contributed by atoms with E-state index in [1.807, 2.05) is 23.1 Å². The molecule has 1 aliphatic rings. The second-order valence-corrected chi connectivity index (χ2v) is 4.15. The molecule has 9 heavy (non-hydrogen) atoms. The van der Waals surface area contributed by atoms with Crippen molar-refractivity contribution >= 4 is 23.1 Å². The molecule has 0 saturated carbocycles. The molecular weight excluding hydrogens is 148 g/mol. The molecule has 0 amide bonds. The maximum Gasteiger partial charge on any atom is 0.0282 e. The normalized spacial score (nSPS) is 17.3. The number of aryl methyl sites for hydroxylation is 1. The molecule has 0 fully saturated rings. The Morgan fingerprint density at radius 1 is 1.56 bits per heavy atom. The van der Waals surface area contributed by atoms with E-state index in [9.17, 15) is 0 Å². The highest BCUT2D eigenvalue weighted by molar-refractivity contribution is 7.98. The average molecular weight is 155 g/mol. The average Bonchev–Trinajstić information content (AvgIpc) is 2.33. The third kappa shape index (κ3) is 1.01. The maximum atomic E-state index is 3.26. The van der Waals surface area contributed by atoms with Gasteiger partial charge in [-0.05, 0) is 29.2 Å². The van der Waals surface area contributed by atoms with Crippen LogP contribution >= 0.6 is 23.1 Å². The van der Waals surface area contributed by atoms with E-state index < -0.39 is 0 Å². The lowest BCUT2D eigenvalue weighted by molar-refractivity contribution is 1.11. The Hall–Kier alpha value is 0.0500. The van der Waals surface area contributed by atoms with Gasteiger partial charge < -0.3 is 0 Å². The van der Waals surface area contributed by atoms with E-state index in [0.717, 1.165) is 0 Å². The van der Waals surface area contributed by atoms with Gasteiger partial charge in [0, 0.05) is 10.6 Å². The number of thiophene rings is 1. The summed E-state index contributed by atoms with van der Waals surface area (Å²) in [6.45, 7) is 0. The Morgan fingerprint density at radius 2 is 2.56 bits per heavy atom. The first-order valence-electron chi connectivity index (χ1n) is 3.01. The molecule has 2 rings (SSSR count). The SMILES string of the molecule is [c]1csc2c1CCSC2. The summed E-state index contributed by atoms with van der Waals surface area (Å²) in [7, 11) is 0. The lowest BCUT2D eigenvalue weighted by atomic mass is 10.2. The van der Waals surface area contributed by atoms with Crippen LogP contribution < -0.4 is 0 Å². The predicted octanol–water partition coefficient (Wildman–Crippen LogP) is 2.34. The summed E-state index contributed by atoms with van der Waals surface area (Å²) in [5, 5.41) is 2.08. The Kier molecular flexibility index (Phi) is 1.52. The van der Waals surface area contributed by atoms with Gasteiger partial charge in [0.1, 0.15) is 0 Å². The van der Waals surface area contributed by atoms with Gasteiger partial charge >= 0.3 is 0 Å². The Morgan fingerprint density at radius 3 is 3.44 bits per heavy atom. The Balaban J connectivity index is 2.39. The van der Waals surface area contributed by atoms with Crippen LogP contribution in [0.4, 0.5) is 0 Å². The van der Waals surface area contributed by atoms with Gasteiger partial charge in [-0.15, -0.1) is 11.3 Å². The fraction of sp³-hybridized carbons (Fsp3) is 0.429. The molecule has 0 atom stereocenters. The number of thioether (sulfide) groups is 1. The highest BCUT2D eigenvalue weighted by atomic mass is 32.2. The molecular formula is C7H7S2. The molecule has 0 unspecified atom stereocenters. The quantitative estimate of drug-likeness (QED) is 0.554. The summed E-state index contributed by atoms with van der Waals surface area (Å²) in [6, 6.07) is 3.26. The number of hydrogen-bond acceptors (Lipinski definition) is 2. The first kappa shape index (κ1) is 5.81. The van der Waals surface area contributed by atoms with E-state index in [2.05, 4.69) is 11.4 Å². The van der Waals surface area contributed by atoms with Crippen LogP contribution in [0.2, 0.25) is 0 Å². The predicted molar refractivity (Wildman–Crippen MR) is 43.0 cm³/mol. The minimum atomic E-state index is 1.23. The van der Waals surface area contributed by atoms with Crippen LogP contribution in [-0.2, 0) is 12.2 Å². The molecule has 0 aliphatic carbocycles. The molecule has 0 nitrogen and oxygen atoms in total. The molecule has 0 N–H and O–H groups in total. The number of rotatable bonds is 0. The molecule has 47 valence electrons. The van der Waals surface area contributed by atoms with E-state index in [4.69, 9.17) is 0 Å². The van der Waals surface area contributed by atoms with Gasteiger partial charge in [-0.1, -0.05) is 0 Å². The minimum absolute atomic E-state index is 1.23.